The molecule has 96 valence electrons. The molecular formula is C14H24N2O. The molecule has 0 spiro atoms. The summed E-state index contributed by atoms with van der Waals surface area (Å²) >= 11 is 0. The minimum Gasteiger partial charge on any atom is -0.468 e. The van der Waals surface area contributed by atoms with Crippen molar-refractivity contribution < 1.29 is 4.42 Å². The summed E-state index contributed by atoms with van der Waals surface area (Å²) in [6, 6.07) is 4.59. The van der Waals surface area contributed by atoms with E-state index < -0.39 is 0 Å². The van der Waals surface area contributed by atoms with Gasteiger partial charge in [-0.15, -0.1) is 0 Å². The van der Waals surface area contributed by atoms with Gasteiger partial charge in [-0.3, -0.25) is 4.90 Å². The van der Waals surface area contributed by atoms with Crippen LogP contribution in [0.2, 0.25) is 0 Å². The van der Waals surface area contributed by atoms with E-state index in [2.05, 4.69) is 23.2 Å². The number of likely N-dealkylation sites (tertiary alicyclic amines) is 1. The molecule has 1 N–H and O–H groups in total. The molecule has 2 rings (SSSR count). The van der Waals surface area contributed by atoms with Crippen LogP contribution in [0.5, 0.6) is 0 Å². The smallest absolute Gasteiger partial charge is 0.121 e. The maximum absolute atomic E-state index is 5.66. The summed E-state index contributed by atoms with van der Waals surface area (Å²) in [4.78, 5) is 2.59. The van der Waals surface area contributed by atoms with Gasteiger partial charge in [0, 0.05) is 0 Å². The van der Waals surface area contributed by atoms with Crippen LogP contribution in [0.1, 0.15) is 38.0 Å². The summed E-state index contributed by atoms with van der Waals surface area (Å²) in [5.74, 6) is 1.81. The van der Waals surface area contributed by atoms with Crippen molar-refractivity contribution in [2.75, 3.05) is 26.7 Å². The number of rotatable bonds is 5. The van der Waals surface area contributed by atoms with Crippen LogP contribution >= 0.6 is 0 Å². The van der Waals surface area contributed by atoms with Crippen LogP contribution in [0.25, 0.3) is 0 Å². The first-order valence-corrected chi connectivity index (χ1v) is 6.78. The summed E-state index contributed by atoms with van der Waals surface area (Å²) in [6.45, 7) is 5.71. The lowest BCUT2D eigenvalue weighted by Crippen LogP contribution is -2.42. The molecular weight excluding hydrogens is 212 g/mol. The van der Waals surface area contributed by atoms with E-state index in [0.29, 0.717) is 12.0 Å². The largest absolute Gasteiger partial charge is 0.468 e. The first-order valence-electron chi connectivity index (χ1n) is 6.78. The van der Waals surface area contributed by atoms with Crippen molar-refractivity contribution in [2.45, 2.75) is 32.2 Å². The van der Waals surface area contributed by atoms with Crippen LogP contribution in [-0.4, -0.2) is 31.6 Å². The zero-order valence-electron chi connectivity index (χ0n) is 11.0. The van der Waals surface area contributed by atoms with E-state index in [4.69, 9.17) is 4.42 Å². The molecule has 0 aromatic carbocycles. The number of hydrogen-bond donors (Lipinski definition) is 1. The predicted octanol–water partition coefficient (Wildman–Crippen LogP) is 2.66. The van der Waals surface area contributed by atoms with Gasteiger partial charge in [-0.05, 0) is 64.0 Å². The SMILES string of the molecule is CCCN1CCCC(CNC)C1c1ccco1. The number of piperidine rings is 1. The fraction of sp³-hybridized carbons (Fsp3) is 0.714. The van der Waals surface area contributed by atoms with Crippen LogP contribution in [-0.2, 0) is 0 Å². The normalized spacial score (nSPS) is 26.2. The molecule has 2 atom stereocenters. The predicted molar refractivity (Wildman–Crippen MR) is 70.0 cm³/mol. The zero-order valence-corrected chi connectivity index (χ0v) is 11.0. The standard InChI is InChI=1S/C14H24N2O/c1-3-8-16-9-4-6-12(11-15-2)14(16)13-7-5-10-17-13/h5,7,10,12,14-15H,3-4,6,8-9,11H2,1-2H3. The molecule has 1 aromatic heterocycles. The zero-order chi connectivity index (χ0) is 12.1. The molecule has 1 aliphatic rings. The minimum absolute atomic E-state index is 0.464. The average molecular weight is 236 g/mol. The Balaban J connectivity index is 2.15. The Kier molecular flexibility index (Phi) is 4.63. The molecule has 17 heavy (non-hydrogen) atoms. The summed E-state index contributed by atoms with van der Waals surface area (Å²) in [7, 11) is 2.04. The topological polar surface area (TPSA) is 28.4 Å². The lowest BCUT2D eigenvalue weighted by atomic mass is 9.87. The van der Waals surface area contributed by atoms with Crippen LogP contribution in [0.15, 0.2) is 22.8 Å². The molecule has 0 saturated carbocycles. The Labute approximate surface area is 104 Å². The third-order valence-corrected chi connectivity index (χ3v) is 3.67. The minimum atomic E-state index is 0.464. The molecule has 0 bridgehead atoms. The second-order valence-electron chi connectivity index (χ2n) is 4.96. The van der Waals surface area contributed by atoms with Crippen molar-refractivity contribution in [3.63, 3.8) is 0 Å². The second kappa shape index (κ2) is 6.22. The van der Waals surface area contributed by atoms with Crippen molar-refractivity contribution in [1.29, 1.82) is 0 Å². The highest BCUT2D eigenvalue weighted by Gasteiger charge is 2.33. The van der Waals surface area contributed by atoms with Crippen LogP contribution in [0.3, 0.4) is 0 Å². The number of hydrogen-bond acceptors (Lipinski definition) is 3. The van der Waals surface area contributed by atoms with Gasteiger partial charge >= 0.3 is 0 Å². The highest BCUT2D eigenvalue weighted by atomic mass is 16.3. The molecule has 1 aliphatic heterocycles. The Hall–Kier alpha value is -0.800. The third-order valence-electron chi connectivity index (χ3n) is 3.67. The second-order valence-corrected chi connectivity index (χ2v) is 4.96. The summed E-state index contributed by atoms with van der Waals surface area (Å²) in [5, 5.41) is 3.32. The molecule has 3 nitrogen and oxygen atoms in total. The molecule has 0 radical (unpaired) electrons. The van der Waals surface area contributed by atoms with Crippen LogP contribution < -0.4 is 5.32 Å². The first kappa shape index (κ1) is 12.7. The lowest BCUT2D eigenvalue weighted by Gasteiger charge is -2.40. The van der Waals surface area contributed by atoms with Gasteiger partial charge < -0.3 is 9.73 Å². The Morgan fingerprint density at radius 3 is 3.06 bits per heavy atom. The molecule has 0 aliphatic carbocycles. The van der Waals surface area contributed by atoms with Gasteiger partial charge in [0.05, 0.1) is 12.3 Å². The van der Waals surface area contributed by atoms with Gasteiger partial charge in [-0.1, -0.05) is 6.92 Å². The van der Waals surface area contributed by atoms with Gasteiger partial charge in [-0.25, -0.2) is 0 Å². The highest BCUT2D eigenvalue weighted by molar-refractivity contribution is 5.08. The number of nitrogens with zero attached hydrogens (tertiary/aromatic N) is 1. The van der Waals surface area contributed by atoms with Crippen LogP contribution in [0.4, 0.5) is 0 Å². The number of furan rings is 1. The van der Waals surface area contributed by atoms with E-state index in [-0.39, 0.29) is 0 Å². The van der Waals surface area contributed by atoms with Gasteiger partial charge in [0.25, 0.3) is 0 Å². The monoisotopic (exact) mass is 236 g/mol. The third kappa shape index (κ3) is 2.90. The lowest BCUT2D eigenvalue weighted by molar-refractivity contribution is 0.0764. The Morgan fingerprint density at radius 1 is 1.53 bits per heavy atom. The number of nitrogens with one attached hydrogen (secondary N) is 1. The molecule has 1 fully saturated rings. The molecule has 1 aromatic rings. The first-order chi connectivity index (χ1) is 8.36. The molecule has 3 heteroatoms. The summed E-state index contributed by atoms with van der Waals surface area (Å²) < 4.78 is 5.66. The van der Waals surface area contributed by atoms with Crippen molar-refractivity contribution in [3.05, 3.63) is 24.2 Å². The molecule has 2 unspecified atom stereocenters. The molecule has 2 heterocycles. The van der Waals surface area contributed by atoms with E-state index >= 15 is 0 Å². The molecule has 1 saturated heterocycles. The van der Waals surface area contributed by atoms with Gasteiger partial charge in [0.15, 0.2) is 0 Å². The average Bonchev–Trinajstić information content (AvgIpc) is 2.84. The summed E-state index contributed by atoms with van der Waals surface area (Å²) in [6.07, 6.45) is 5.62. The van der Waals surface area contributed by atoms with Crippen molar-refractivity contribution >= 4 is 0 Å². The van der Waals surface area contributed by atoms with Crippen molar-refractivity contribution in [2.24, 2.45) is 5.92 Å². The van der Waals surface area contributed by atoms with Gasteiger partial charge in [-0.2, -0.15) is 0 Å². The Morgan fingerprint density at radius 2 is 2.41 bits per heavy atom. The maximum Gasteiger partial charge on any atom is 0.121 e. The van der Waals surface area contributed by atoms with E-state index in [9.17, 15) is 0 Å². The quantitative estimate of drug-likeness (QED) is 0.852. The van der Waals surface area contributed by atoms with E-state index in [0.717, 1.165) is 12.3 Å². The summed E-state index contributed by atoms with van der Waals surface area (Å²) in [5.41, 5.74) is 0. The Bertz CT molecular complexity index is 292. The highest BCUT2D eigenvalue weighted by Crippen LogP contribution is 2.35. The maximum atomic E-state index is 5.66. The van der Waals surface area contributed by atoms with Crippen molar-refractivity contribution in [3.8, 4) is 0 Å². The fourth-order valence-electron chi connectivity index (χ4n) is 3.04. The van der Waals surface area contributed by atoms with E-state index in [1.165, 1.54) is 32.4 Å². The van der Waals surface area contributed by atoms with Gasteiger partial charge in [0.2, 0.25) is 0 Å². The molecule has 0 amide bonds. The van der Waals surface area contributed by atoms with Crippen LogP contribution in [0, 0.1) is 5.92 Å². The fourth-order valence-corrected chi connectivity index (χ4v) is 3.04. The van der Waals surface area contributed by atoms with E-state index in [1.54, 1.807) is 6.26 Å². The van der Waals surface area contributed by atoms with Gasteiger partial charge in [0.1, 0.15) is 5.76 Å². The van der Waals surface area contributed by atoms with E-state index in [1.807, 2.05) is 13.1 Å². The van der Waals surface area contributed by atoms with Crippen molar-refractivity contribution in [1.82, 2.24) is 10.2 Å².